The van der Waals surface area contributed by atoms with E-state index in [1.54, 1.807) is 0 Å². The van der Waals surface area contributed by atoms with Crippen molar-refractivity contribution >= 4 is 5.91 Å². The number of carbonyl (C=O) groups excluding carboxylic acids is 1. The Bertz CT molecular complexity index is 252. The van der Waals surface area contributed by atoms with E-state index in [-0.39, 0.29) is 5.91 Å². The number of hydrogen-bond donors (Lipinski definition) is 0. The molecule has 3 nitrogen and oxygen atoms in total. The predicted octanol–water partition coefficient (Wildman–Crippen LogP) is 0.867. The van der Waals surface area contributed by atoms with Gasteiger partial charge >= 0.3 is 0 Å². The van der Waals surface area contributed by atoms with E-state index in [1.165, 1.54) is 18.9 Å². The lowest BCUT2D eigenvalue weighted by molar-refractivity contribution is -0.126. The summed E-state index contributed by atoms with van der Waals surface area (Å²) in [7, 11) is 2.18. The highest BCUT2D eigenvalue weighted by atomic mass is 16.2. The van der Waals surface area contributed by atoms with Gasteiger partial charge in [-0.2, -0.15) is 0 Å². The number of rotatable bonds is 1. The number of nitrogens with zero attached hydrogens (tertiary/aromatic N) is 2. The Labute approximate surface area is 85.4 Å². The van der Waals surface area contributed by atoms with Crippen LogP contribution in [0.25, 0.3) is 0 Å². The number of likely N-dealkylation sites (N-methyl/N-ethyl adjacent to an activating group) is 1. The number of likely N-dealkylation sites (tertiary alicyclic amines) is 1. The van der Waals surface area contributed by atoms with Gasteiger partial charge in [0.05, 0.1) is 0 Å². The molecule has 2 heterocycles. The molecule has 2 atom stereocenters. The molecule has 0 aromatic carbocycles. The lowest BCUT2D eigenvalue weighted by Crippen LogP contribution is -2.38. The standard InChI is InChI=1S/C11H18N2O/c1-3-11(14)13-7-6-9-4-5-10(8-13)12(9)2/h3,9-10H,1,4-8H2,2H3/t9-,10+/m1/s1. The molecule has 0 spiro atoms. The van der Waals surface area contributed by atoms with Crippen molar-refractivity contribution in [2.75, 3.05) is 20.1 Å². The molecule has 14 heavy (non-hydrogen) atoms. The first-order valence-corrected chi connectivity index (χ1v) is 5.35. The summed E-state index contributed by atoms with van der Waals surface area (Å²) in [5.41, 5.74) is 0. The highest BCUT2D eigenvalue weighted by Gasteiger charge is 2.35. The molecule has 1 amide bonds. The molecule has 2 saturated heterocycles. The third-order valence-corrected chi connectivity index (χ3v) is 3.63. The first kappa shape index (κ1) is 9.71. The third kappa shape index (κ3) is 1.57. The highest BCUT2D eigenvalue weighted by Crippen LogP contribution is 2.28. The van der Waals surface area contributed by atoms with Gasteiger partial charge in [0.2, 0.25) is 5.91 Å². The van der Waals surface area contributed by atoms with Gasteiger partial charge in [0, 0.05) is 25.2 Å². The molecule has 2 aliphatic heterocycles. The van der Waals surface area contributed by atoms with Gasteiger partial charge in [-0.05, 0) is 32.4 Å². The van der Waals surface area contributed by atoms with Crippen LogP contribution in [-0.4, -0.2) is 47.9 Å². The van der Waals surface area contributed by atoms with Crippen LogP contribution in [-0.2, 0) is 4.79 Å². The molecule has 0 N–H and O–H groups in total. The molecule has 2 bridgehead atoms. The fourth-order valence-corrected chi connectivity index (χ4v) is 2.64. The normalized spacial score (nSPS) is 32.8. The van der Waals surface area contributed by atoms with Crippen LogP contribution in [0.2, 0.25) is 0 Å². The second-order valence-electron chi connectivity index (χ2n) is 4.33. The molecular formula is C11H18N2O. The Hall–Kier alpha value is -0.830. The van der Waals surface area contributed by atoms with E-state index in [4.69, 9.17) is 0 Å². The summed E-state index contributed by atoms with van der Waals surface area (Å²) < 4.78 is 0. The molecule has 0 radical (unpaired) electrons. The van der Waals surface area contributed by atoms with Gasteiger partial charge in [0.15, 0.2) is 0 Å². The minimum Gasteiger partial charge on any atom is -0.338 e. The van der Waals surface area contributed by atoms with Crippen LogP contribution in [0.15, 0.2) is 12.7 Å². The molecule has 2 fully saturated rings. The lowest BCUT2D eigenvalue weighted by atomic mass is 10.1. The summed E-state index contributed by atoms with van der Waals surface area (Å²) in [5.74, 6) is 0.0888. The third-order valence-electron chi connectivity index (χ3n) is 3.63. The molecule has 3 heteroatoms. The molecule has 2 aliphatic rings. The van der Waals surface area contributed by atoms with Crippen molar-refractivity contribution in [3.8, 4) is 0 Å². The van der Waals surface area contributed by atoms with Crippen molar-refractivity contribution in [3.05, 3.63) is 12.7 Å². The quantitative estimate of drug-likeness (QED) is 0.578. The fraction of sp³-hybridized carbons (Fsp3) is 0.727. The van der Waals surface area contributed by atoms with Crippen molar-refractivity contribution < 1.29 is 4.79 Å². The van der Waals surface area contributed by atoms with Gasteiger partial charge in [-0.15, -0.1) is 0 Å². The van der Waals surface area contributed by atoms with Crippen LogP contribution >= 0.6 is 0 Å². The maximum absolute atomic E-state index is 11.5. The van der Waals surface area contributed by atoms with E-state index in [9.17, 15) is 4.79 Å². The van der Waals surface area contributed by atoms with Crippen LogP contribution in [0.1, 0.15) is 19.3 Å². The van der Waals surface area contributed by atoms with Crippen LogP contribution in [0.3, 0.4) is 0 Å². The van der Waals surface area contributed by atoms with Gasteiger partial charge in [-0.3, -0.25) is 9.69 Å². The summed E-state index contributed by atoms with van der Waals surface area (Å²) in [6, 6.07) is 1.27. The molecule has 0 aliphatic carbocycles. The summed E-state index contributed by atoms with van der Waals surface area (Å²) in [5, 5.41) is 0. The van der Waals surface area contributed by atoms with Crippen LogP contribution in [0.4, 0.5) is 0 Å². The topological polar surface area (TPSA) is 23.6 Å². The van der Waals surface area contributed by atoms with E-state index in [0.717, 1.165) is 19.5 Å². The Morgan fingerprint density at radius 2 is 2.07 bits per heavy atom. The number of carbonyl (C=O) groups is 1. The zero-order chi connectivity index (χ0) is 10.1. The van der Waals surface area contributed by atoms with E-state index in [0.29, 0.717) is 12.1 Å². The molecule has 0 unspecified atom stereocenters. The summed E-state index contributed by atoms with van der Waals surface area (Å²) in [4.78, 5) is 15.9. The Balaban J connectivity index is 2.06. The van der Waals surface area contributed by atoms with Gasteiger partial charge in [0.1, 0.15) is 0 Å². The molecule has 0 aromatic rings. The second-order valence-corrected chi connectivity index (χ2v) is 4.33. The van der Waals surface area contributed by atoms with Crippen LogP contribution < -0.4 is 0 Å². The number of hydrogen-bond acceptors (Lipinski definition) is 2. The lowest BCUT2D eigenvalue weighted by Gasteiger charge is -2.24. The van der Waals surface area contributed by atoms with Gasteiger partial charge in [0.25, 0.3) is 0 Å². The Morgan fingerprint density at radius 3 is 2.79 bits per heavy atom. The van der Waals surface area contributed by atoms with Gasteiger partial charge < -0.3 is 4.90 Å². The summed E-state index contributed by atoms with van der Waals surface area (Å²) in [6.45, 7) is 5.33. The van der Waals surface area contributed by atoms with Crippen LogP contribution in [0.5, 0.6) is 0 Å². The van der Waals surface area contributed by atoms with Gasteiger partial charge in [-0.1, -0.05) is 6.58 Å². The number of amides is 1. The van der Waals surface area contributed by atoms with Crippen molar-refractivity contribution in [2.24, 2.45) is 0 Å². The zero-order valence-corrected chi connectivity index (χ0v) is 8.78. The molecular weight excluding hydrogens is 176 g/mol. The molecule has 78 valence electrons. The maximum Gasteiger partial charge on any atom is 0.246 e. The van der Waals surface area contributed by atoms with Crippen LogP contribution in [0, 0.1) is 0 Å². The van der Waals surface area contributed by atoms with Crippen molar-refractivity contribution in [1.82, 2.24) is 9.80 Å². The first-order valence-electron chi connectivity index (χ1n) is 5.35. The minimum atomic E-state index is 0.0888. The van der Waals surface area contributed by atoms with E-state index >= 15 is 0 Å². The monoisotopic (exact) mass is 194 g/mol. The second kappa shape index (κ2) is 3.73. The zero-order valence-electron chi connectivity index (χ0n) is 8.78. The summed E-state index contributed by atoms with van der Waals surface area (Å²) >= 11 is 0. The predicted molar refractivity (Wildman–Crippen MR) is 56.0 cm³/mol. The molecule has 0 saturated carbocycles. The highest BCUT2D eigenvalue weighted by molar-refractivity contribution is 5.87. The average molecular weight is 194 g/mol. The Morgan fingerprint density at radius 1 is 1.36 bits per heavy atom. The molecule has 0 aromatic heterocycles. The minimum absolute atomic E-state index is 0.0888. The smallest absolute Gasteiger partial charge is 0.246 e. The van der Waals surface area contributed by atoms with E-state index in [2.05, 4.69) is 18.5 Å². The van der Waals surface area contributed by atoms with Crippen molar-refractivity contribution in [1.29, 1.82) is 0 Å². The van der Waals surface area contributed by atoms with Gasteiger partial charge in [-0.25, -0.2) is 0 Å². The van der Waals surface area contributed by atoms with Crippen molar-refractivity contribution in [3.63, 3.8) is 0 Å². The first-order chi connectivity index (χ1) is 6.72. The summed E-state index contributed by atoms with van der Waals surface area (Å²) in [6.07, 6.45) is 5.09. The Kier molecular flexibility index (Phi) is 2.59. The fourth-order valence-electron chi connectivity index (χ4n) is 2.64. The number of fused-ring (bicyclic) bond motifs is 2. The SMILES string of the molecule is C=CC(=O)N1CC[C@H]2CC[C@@H](C1)N2C. The van der Waals surface area contributed by atoms with E-state index < -0.39 is 0 Å². The van der Waals surface area contributed by atoms with E-state index in [1.807, 2.05) is 4.90 Å². The van der Waals surface area contributed by atoms with Crippen molar-refractivity contribution in [2.45, 2.75) is 31.3 Å². The average Bonchev–Trinajstić information content (AvgIpc) is 2.40. The largest absolute Gasteiger partial charge is 0.338 e. The maximum atomic E-state index is 11.5. The molecule has 2 rings (SSSR count).